The van der Waals surface area contributed by atoms with E-state index in [1.165, 1.54) is 7.11 Å². The number of esters is 2. The third-order valence-corrected chi connectivity index (χ3v) is 7.70. The van der Waals surface area contributed by atoms with Crippen LogP contribution in [0.1, 0.15) is 96.1 Å². The zero-order chi connectivity index (χ0) is 32.1. The summed E-state index contributed by atoms with van der Waals surface area (Å²) in [7, 11) is 1.30. The summed E-state index contributed by atoms with van der Waals surface area (Å²) in [6.45, 7) is 7.99. The van der Waals surface area contributed by atoms with E-state index in [1.54, 1.807) is 20.8 Å². The lowest BCUT2D eigenvalue weighted by Gasteiger charge is -2.22. The largest absolute Gasteiger partial charge is 0.467 e. The van der Waals surface area contributed by atoms with Crippen molar-refractivity contribution in [2.45, 2.75) is 96.6 Å². The van der Waals surface area contributed by atoms with Gasteiger partial charge in [0.15, 0.2) is 0 Å². The van der Waals surface area contributed by atoms with Crippen LogP contribution in [0.3, 0.4) is 0 Å². The lowest BCUT2D eigenvalue weighted by molar-refractivity contribution is -0.148. The Morgan fingerprint density at radius 2 is 1.48 bits per heavy atom. The molecule has 0 heterocycles. The molecule has 44 heavy (non-hydrogen) atoms. The van der Waals surface area contributed by atoms with Crippen molar-refractivity contribution >= 4 is 23.9 Å². The molecular formula is C35H48N2O7. The topological polar surface area (TPSA) is 120 Å². The van der Waals surface area contributed by atoms with Crippen LogP contribution in [0, 0.1) is 5.92 Å². The maximum Gasteiger partial charge on any atom is 0.407 e. The molecule has 0 aliphatic heterocycles. The van der Waals surface area contributed by atoms with Gasteiger partial charge in [0, 0.05) is 18.4 Å². The van der Waals surface area contributed by atoms with E-state index in [9.17, 15) is 19.2 Å². The first kappa shape index (κ1) is 34.6. The SMILES string of the molecule is CCCCCC(NC(=O)C(CCCCNC(=O)OC(C)(C)C)CC(=O)OCC1c2ccccc2-c2ccccc21)C(=O)OC. The second kappa shape index (κ2) is 16.8. The Kier molecular flexibility index (Phi) is 13.2. The molecule has 0 saturated carbocycles. The van der Waals surface area contributed by atoms with E-state index in [2.05, 4.69) is 41.8 Å². The van der Waals surface area contributed by atoms with Crippen LogP contribution in [-0.4, -0.2) is 55.8 Å². The van der Waals surface area contributed by atoms with Gasteiger partial charge in [-0.05, 0) is 62.3 Å². The number of nitrogens with one attached hydrogen (secondary N) is 2. The van der Waals surface area contributed by atoms with E-state index in [1.807, 2.05) is 24.3 Å². The molecule has 2 unspecified atom stereocenters. The molecule has 2 aromatic carbocycles. The van der Waals surface area contributed by atoms with Crippen molar-refractivity contribution < 1.29 is 33.4 Å². The summed E-state index contributed by atoms with van der Waals surface area (Å²) in [5, 5.41) is 5.55. The quantitative estimate of drug-likeness (QED) is 0.131. The van der Waals surface area contributed by atoms with Crippen LogP contribution in [0.25, 0.3) is 11.1 Å². The number of hydrogen-bond acceptors (Lipinski definition) is 7. The molecule has 2 N–H and O–H groups in total. The molecule has 2 aromatic rings. The molecule has 0 radical (unpaired) electrons. The summed E-state index contributed by atoms with van der Waals surface area (Å²) < 4.78 is 16.0. The number of fused-ring (bicyclic) bond motifs is 3. The molecule has 1 aliphatic carbocycles. The van der Waals surface area contributed by atoms with Crippen LogP contribution in [0.4, 0.5) is 4.79 Å². The fraction of sp³-hybridized carbons (Fsp3) is 0.543. The molecule has 0 fully saturated rings. The van der Waals surface area contributed by atoms with Crippen LogP contribution in [0.15, 0.2) is 48.5 Å². The van der Waals surface area contributed by atoms with Crippen LogP contribution >= 0.6 is 0 Å². The Labute approximate surface area is 261 Å². The van der Waals surface area contributed by atoms with Gasteiger partial charge in [-0.25, -0.2) is 9.59 Å². The molecule has 0 bridgehead atoms. The molecule has 240 valence electrons. The van der Waals surface area contributed by atoms with Crippen LogP contribution in [0.2, 0.25) is 0 Å². The summed E-state index contributed by atoms with van der Waals surface area (Å²) in [5.41, 5.74) is 3.91. The molecule has 3 rings (SSSR count). The van der Waals surface area contributed by atoms with Gasteiger partial charge >= 0.3 is 18.0 Å². The zero-order valence-corrected chi connectivity index (χ0v) is 26.8. The van der Waals surface area contributed by atoms with E-state index in [4.69, 9.17) is 14.2 Å². The number of amides is 2. The average Bonchev–Trinajstić information content (AvgIpc) is 3.31. The molecule has 0 spiro atoms. The van der Waals surface area contributed by atoms with Gasteiger partial charge in [-0.15, -0.1) is 0 Å². The molecule has 9 nitrogen and oxygen atoms in total. The number of ether oxygens (including phenoxy) is 3. The smallest absolute Gasteiger partial charge is 0.407 e. The average molecular weight is 609 g/mol. The fourth-order valence-corrected chi connectivity index (χ4v) is 5.50. The summed E-state index contributed by atoms with van der Waals surface area (Å²) in [6.07, 6.45) is 4.06. The number of carbonyl (C=O) groups is 4. The number of benzene rings is 2. The van der Waals surface area contributed by atoms with Gasteiger partial charge < -0.3 is 24.8 Å². The normalized spacial score (nSPS) is 13.7. The molecule has 0 saturated heterocycles. The van der Waals surface area contributed by atoms with Gasteiger partial charge in [0.25, 0.3) is 0 Å². The minimum absolute atomic E-state index is 0.0835. The van der Waals surface area contributed by atoms with Crippen LogP contribution < -0.4 is 10.6 Å². The predicted octanol–water partition coefficient (Wildman–Crippen LogP) is 6.28. The first-order valence-electron chi connectivity index (χ1n) is 15.7. The lowest BCUT2D eigenvalue weighted by atomic mass is 9.96. The molecule has 1 aliphatic rings. The third-order valence-electron chi connectivity index (χ3n) is 7.70. The summed E-state index contributed by atoms with van der Waals surface area (Å²) in [5.74, 6) is -2.15. The van der Waals surface area contributed by atoms with Crippen molar-refractivity contribution in [1.82, 2.24) is 10.6 Å². The fourth-order valence-electron chi connectivity index (χ4n) is 5.50. The molecule has 0 aromatic heterocycles. The van der Waals surface area contributed by atoms with Crippen molar-refractivity contribution in [3.05, 3.63) is 59.7 Å². The Morgan fingerprint density at radius 3 is 2.07 bits per heavy atom. The summed E-state index contributed by atoms with van der Waals surface area (Å²) in [6, 6.07) is 15.4. The van der Waals surface area contributed by atoms with Crippen molar-refractivity contribution in [2.75, 3.05) is 20.3 Å². The first-order valence-corrected chi connectivity index (χ1v) is 15.7. The van der Waals surface area contributed by atoms with Crippen molar-refractivity contribution in [1.29, 1.82) is 0 Å². The van der Waals surface area contributed by atoms with E-state index in [-0.39, 0.29) is 24.9 Å². The van der Waals surface area contributed by atoms with E-state index in [0.29, 0.717) is 32.2 Å². The summed E-state index contributed by atoms with van der Waals surface area (Å²) >= 11 is 0. The minimum Gasteiger partial charge on any atom is -0.467 e. The zero-order valence-electron chi connectivity index (χ0n) is 26.8. The van der Waals surface area contributed by atoms with Gasteiger partial charge in [-0.1, -0.05) is 81.1 Å². The highest BCUT2D eigenvalue weighted by Crippen LogP contribution is 2.44. The number of hydrogen-bond donors (Lipinski definition) is 2. The van der Waals surface area contributed by atoms with Crippen molar-refractivity contribution in [3.63, 3.8) is 0 Å². The maximum absolute atomic E-state index is 13.4. The molecule has 9 heteroatoms. The number of methoxy groups -OCH3 is 1. The number of rotatable bonds is 16. The standard InChI is InChI=1S/C35H48N2O7/c1-6-7-8-20-30(33(40)42-5)37-32(39)24(15-13-14-21-36-34(41)44-35(2,3)4)22-31(38)43-23-29-27-18-11-9-16-25(27)26-17-10-12-19-28(26)29/h9-12,16-19,24,29-30H,6-8,13-15,20-23H2,1-5H3,(H,36,41)(H,37,39). The highest BCUT2D eigenvalue weighted by molar-refractivity contribution is 5.88. The number of alkyl carbamates (subject to hydrolysis) is 1. The van der Waals surface area contributed by atoms with E-state index in [0.717, 1.165) is 41.5 Å². The van der Waals surface area contributed by atoms with Crippen molar-refractivity contribution in [2.24, 2.45) is 5.92 Å². The summed E-state index contributed by atoms with van der Waals surface area (Å²) in [4.78, 5) is 51.0. The van der Waals surface area contributed by atoms with Gasteiger partial charge in [0.1, 0.15) is 18.2 Å². The van der Waals surface area contributed by atoms with E-state index < -0.39 is 35.6 Å². The Hall–Kier alpha value is -3.88. The first-order chi connectivity index (χ1) is 21.0. The Morgan fingerprint density at radius 1 is 0.864 bits per heavy atom. The van der Waals surface area contributed by atoms with Crippen LogP contribution in [-0.2, 0) is 28.6 Å². The Bertz CT molecular complexity index is 1220. The van der Waals surface area contributed by atoms with Gasteiger partial charge in [-0.2, -0.15) is 0 Å². The predicted molar refractivity (Wildman–Crippen MR) is 169 cm³/mol. The maximum atomic E-state index is 13.4. The van der Waals surface area contributed by atoms with Crippen LogP contribution in [0.5, 0.6) is 0 Å². The third kappa shape index (κ3) is 10.4. The molecule has 2 amide bonds. The number of carbonyl (C=O) groups excluding carboxylic acids is 4. The second-order valence-corrected chi connectivity index (χ2v) is 12.3. The molecular weight excluding hydrogens is 560 g/mol. The molecule has 2 atom stereocenters. The lowest BCUT2D eigenvalue weighted by Crippen LogP contribution is -2.44. The highest BCUT2D eigenvalue weighted by Gasteiger charge is 2.31. The van der Waals surface area contributed by atoms with Gasteiger partial charge in [-0.3, -0.25) is 9.59 Å². The number of unbranched alkanes of at least 4 members (excludes halogenated alkanes) is 3. The van der Waals surface area contributed by atoms with Crippen molar-refractivity contribution in [3.8, 4) is 11.1 Å². The van der Waals surface area contributed by atoms with Gasteiger partial charge in [0.05, 0.1) is 13.5 Å². The highest BCUT2D eigenvalue weighted by atomic mass is 16.6. The van der Waals surface area contributed by atoms with E-state index >= 15 is 0 Å². The minimum atomic E-state index is -0.780. The monoisotopic (exact) mass is 608 g/mol. The Balaban J connectivity index is 1.63. The van der Waals surface area contributed by atoms with Gasteiger partial charge in [0.2, 0.25) is 5.91 Å². The second-order valence-electron chi connectivity index (χ2n) is 12.3.